The fraction of sp³-hybridized carbons (Fsp3) is 0. The van der Waals surface area contributed by atoms with Crippen LogP contribution >= 0.6 is 15.9 Å². The molecule has 68 valence electrons. The van der Waals surface area contributed by atoms with Gasteiger partial charge in [-0.15, -0.1) is 0 Å². The molecule has 1 heterocycles. The number of carbonyl (C=O) groups excluding carboxylic acids is 1. The average Bonchev–Trinajstić information content (AvgIpc) is 2.61. The molecule has 0 atom stereocenters. The number of aromatic amines is 1. The molecule has 0 amide bonds. The summed E-state index contributed by atoms with van der Waals surface area (Å²) in [7, 11) is 0. The van der Waals surface area contributed by atoms with Gasteiger partial charge in [0.05, 0.1) is 22.8 Å². The van der Waals surface area contributed by atoms with Gasteiger partial charge in [0, 0.05) is 9.86 Å². The van der Waals surface area contributed by atoms with E-state index in [1.54, 1.807) is 18.2 Å². The third kappa shape index (κ3) is 1.32. The number of fused-ring (bicyclic) bond motifs is 1. The SMILES string of the molecule is N#Cc1cc(Br)c2[nH]c(C=O)cc2c1. The Morgan fingerprint density at radius 3 is 2.86 bits per heavy atom. The highest BCUT2D eigenvalue weighted by Gasteiger charge is 2.05. The van der Waals surface area contributed by atoms with Crippen LogP contribution in [0.2, 0.25) is 0 Å². The van der Waals surface area contributed by atoms with Crippen LogP contribution < -0.4 is 0 Å². The van der Waals surface area contributed by atoms with Crippen molar-refractivity contribution in [2.75, 3.05) is 0 Å². The number of halogens is 1. The van der Waals surface area contributed by atoms with Crippen LogP contribution in [-0.2, 0) is 0 Å². The molecule has 0 fully saturated rings. The molecule has 1 N–H and O–H groups in total. The molecule has 0 saturated carbocycles. The molecular formula is C10H5BrN2O. The number of carbonyl (C=O) groups is 1. The Hall–Kier alpha value is -1.60. The fourth-order valence-corrected chi connectivity index (χ4v) is 1.92. The number of rotatable bonds is 1. The lowest BCUT2D eigenvalue weighted by molar-refractivity contribution is 0.112. The standard InChI is InChI=1S/C10H5BrN2O/c11-9-2-6(4-12)1-7-3-8(5-14)13-10(7)9/h1-3,5,13H. The number of aldehydes is 1. The number of nitrogens with one attached hydrogen (secondary N) is 1. The number of H-pyrrole nitrogens is 1. The van der Waals surface area contributed by atoms with E-state index in [0.29, 0.717) is 11.3 Å². The molecule has 1 aromatic heterocycles. The van der Waals surface area contributed by atoms with Crippen LogP contribution in [0, 0.1) is 11.3 Å². The summed E-state index contributed by atoms with van der Waals surface area (Å²) in [5.41, 5.74) is 1.92. The number of aromatic nitrogens is 1. The predicted octanol–water partition coefficient (Wildman–Crippen LogP) is 2.61. The number of hydrogen-bond acceptors (Lipinski definition) is 2. The first-order valence-electron chi connectivity index (χ1n) is 3.92. The van der Waals surface area contributed by atoms with Gasteiger partial charge >= 0.3 is 0 Å². The first-order chi connectivity index (χ1) is 6.74. The van der Waals surface area contributed by atoms with Gasteiger partial charge in [-0.05, 0) is 34.1 Å². The summed E-state index contributed by atoms with van der Waals surface area (Å²) >= 11 is 3.33. The summed E-state index contributed by atoms with van der Waals surface area (Å²) in [6.07, 6.45) is 0.748. The predicted molar refractivity (Wildman–Crippen MR) is 56.1 cm³/mol. The first-order valence-corrected chi connectivity index (χ1v) is 4.71. The van der Waals surface area contributed by atoms with E-state index in [0.717, 1.165) is 21.7 Å². The summed E-state index contributed by atoms with van der Waals surface area (Å²) < 4.78 is 0.791. The molecule has 0 aliphatic rings. The van der Waals surface area contributed by atoms with Crippen LogP contribution in [-0.4, -0.2) is 11.3 Å². The molecule has 14 heavy (non-hydrogen) atoms. The fourth-order valence-electron chi connectivity index (χ4n) is 1.35. The van der Waals surface area contributed by atoms with E-state index in [9.17, 15) is 4.79 Å². The van der Waals surface area contributed by atoms with Crippen molar-refractivity contribution in [1.29, 1.82) is 5.26 Å². The van der Waals surface area contributed by atoms with E-state index in [1.807, 2.05) is 0 Å². The Morgan fingerprint density at radius 1 is 1.43 bits per heavy atom. The molecule has 0 aliphatic carbocycles. The third-order valence-corrected chi connectivity index (χ3v) is 2.58. The second kappa shape index (κ2) is 3.28. The molecule has 2 aromatic rings. The zero-order valence-electron chi connectivity index (χ0n) is 7.04. The van der Waals surface area contributed by atoms with Crippen LogP contribution in [0.3, 0.4) is 0 Å². The smallest absolute Gasteiger partial charge is 0.166 e. The van der Waals surface area contributed by atoms with Crippen LogP contribution in [0.5, 0.6) is 0 Å². The summed E-state index contributed by atoms with van der Waals surface area (Å²) in [6.45, 7) is 0. The van der Waals surface area contributed by atoms with E-state index >= 15 is 0 Å². The van der Waals surface area contributed by atoms with Gasteiger partial charge in [-0.25, -0.2) is 0 Å². The minimum atomic E-state index is 0.510. The molecule has 0 saturated heterocycles. The monoisotopic (exact) mass is 248 g/mol. The molecular weight excluding hydrogens is 244 g/mol. The van der Waals surface area contributed by atoms with E-state index in [1.165, 1.54) is 0 Å². The van der Waals surface area contributed by atoms with Gasteiger partial charge in [0.25, 0.3) is 0 Å². The molecule has 0 unspecified atom stereocenters. The van der Waals surface area contributed by atoms with Crippen molar-refractivity contribution < 1.29 is 4.79 Å². The topological polar surface area (TPSA) is 56.6 Å². The molecule has 1 aromatic carbocycles. The highest BCUT2D eigenvalue weighted by atomic mass is 79.9. The zero-order valence-corrected chi connectivity index (χ0v) is 8.63. The van der Waals surface area contributed by atoms with E-state index in [4.69, 9.17) is 5.26 Å². The highest BCUT2D eigenvalue weighted by Crippen LogP contribution is 2.25. The maximum absolute atomic E-state index is 10.5. The van der Waals surface area contributed by atoms with Crippen LogP contribution in [0.15, 0.2) is 22.7 Å². The van der Waals surface area contributed by atoms with Crippen molar-refractivity contribution >= 4 is 33.1 Å². The van der Waals surface area contributed by atoms with E-state index in [2.05, 4.69) is 27.0 Å². The van der Waals surface area contributed by atoms with Gasteiger partial charge in [0.15, 0.2) is 6.29 Å². The molecule has 0 spiro atoms. The highest BCUT2D eigenvalue weighted by molar-refractivity contribution is 9.10. The Labute approximate surface area is 88.5 Å². The van der Waals surface area contributed by atoms with Gasteiger partial charge in [-0.2, -0.15) is 5.26 Å². The second-order valence-electron chi connectivity index (χ2n) is 2.88. The van der Waals surface area contributed by atoms with E-state index < -0.39 is 0 Å². The maximum Gasteiger partial charge on any atom is 0.166 e. The molecule has 0 aliphatic heterocycles. The second-order valence-corrected chi connectivity index (χ2v) is 3.73. The van der Waals surface area contributed by atoms with Crippen LogP contribution in [0.4, 0.5) is 0 Å². The Kier molecular flexibility index (Phi) is 2.10. The van der Waals surface area contributed by atoms with Gasteiger partial charge < -0.3 is 4.98 Å². The lowest BCUT2D eigenvalue weighted by Crippen LogP contribution is -1.77. The molecule has 0 bridgehead atoms. The van der Waals surface area contributed by atoms with Crippen molar-refractivity contribution in [3.8, 4) is 6.07 Å². The van der Waals surface area contributed by atoms with Gasteiger partial charge in [-0.1, -0.05) is 0 Å². The van der Waals surface area contributed by atoms with Crippen molar-refractivity contribution in [2.45, 2.75) is 0 Å². The van der Waals surface area contributed by atoms with Gasteiger partial charge in [-0.3, -0.25) is 4.79 Å². The van der Waals surface area contributed by atoms with Gasteiger partial charge in [0.1, 0.15) is 0 Å². The zero-order chi connectivity index (χ0) is 10.1. The molecule has 4 heteroatoms. The summed E-state index contributed by atoms with van der Waals surface area (Å²) in [4.78, 5) is 13.5. The largest absolute Gasteiger partial charge is 0.351 e. The quantitative estimate of drug-likeness (QED) is 0.789. The van der Waals surface area contributed by atoms with Crippen LogP contribution in [0.25, 0.3) is 10.9 Å². The third-order valence-electron chi connectivity index (χ3n) is 1.96. The van der Waals surface area contributed by atoms with Crippen molar-refractivity contribution in [3.05, 3.63) is 33.9 Å². The normalized spacial score (nSPS) is 10.0. The minimum absolute atomic E-state index is 0.510. The summed E-state index contributed by atoms with van der Waals surface area (Å²) in [6, 6.07) is 7.23. The Morgan fingerprint density at radius 2 is 2.21 bits per heavy atom. The Balaban J connectivity index is 2.81. The van der Waals surface area contributed by atoms with Crippen molar-refractivity contribution in [3.63, 3.8) is 0 Å². The summed E-state index contributed by atoms with van der Waals surface area (Å²) in [5.74, 6) is 0. The van der Waals surface area contributed by atoms with Gasteiger partial charge in [0.2, 0.25) is 0 Å². The molecule has 2 rings (SSSR count). The molecule has 3 nitrogen and oxygen atoms in total. The molecule has 0 radical (unpaired) electrons. The average molecular weight is 249 g/mol. The summed E-state index contributed by atoms with van der Waals surface area (Å²) in [5, 5.41) is 9.59. The van der Waals surface area contributed by atoms with E-state index in [-0.39, 0.29) is 0 Å². The number of nitriles is 1. The number of nitrogens with zero attached hydrogens (tertiary/aromatic N) is 1. The lowest BCUT2D eigenvalue weighted by Gasteiger charge is -1.94. The first kappa shape index (κ1) is 8.97. The van der Waals surface area contributed by atoms with Crippen molar-refractivity contribution in [1.82, 2.24) is 4.98 Å². The Bertz CT molecular complexity index is 551. The number of hydrogen-bond donors (Lipinski definition) is 1. The lowest BCUT2D eigenvalue weighted by atomic mass is 10.2. The van der Waals surface area contributed by atoms with Crippen molar-refractivity contribution in [2.24, 2.45) is 0 Å². The van der Waals surface area contributed by atoms with Crippen LogP contribution in [0.1, 0.15) is 16.1 Å². The minimum Gasteiger partial charge on any atom is -0.351 e. The maximum atomic E-state index is 10.5. The number of benzene rings is 1.